The molecule has 1 aliphatic rings. The minimum Gasteiger partial charge on any atom is -0.488 e. The molecule has 1 aromatic rings. The van der Waals surface area contributed by atoms with Gasteiger partial charge in [0.15, 0.2) is 0 Å². The summed E-state index contributed by atoms with van der Waals surface area (Å²) in [7, 11) is 0. The maximum Gasteiger partial charge on any atom is 0.123 e. The number of fused-ring (bicyclic) bond motifs is 1. The van der Waals surface area contributed by atoms with Gasteiger partial charge in [0.2, 0.25) is 0 Å². The number of ether oxygens (including phenoxy) is 1. The third kappa shape index (κ3) is 1.28. The summed E-state index contributed by atoms with van der Waals surface area (Å²) in [6.45, 7) is 0.562. The maximum absolute atomic E-state index is 5.83. The first kappa shape index (κ1) is 7.90. The van der Waals surface area contributed by atoms with Crippen molar-refractivity contribution in [3.05, 3.63) is 28.8 Å². The lowest BCUT2D eigenvalue weighted by Gasteiger charge is -2.05. The number of nitrogens with two attached hydrogens (primary N) is 1. The molecule has 3 heteroatoms. The summed E-state index contributed by atoms with van der Waals surface area (Å²) in [4.78, 5) is 0. The molecule has 0 aliphatic carbocycles. The fraction of sp³-hybridized carbons (Fsp3) is 0.333. The van der Waals surface area contributed by atoms with Crippen molar-refractivity contribution >= 4 is 11.6 Å². The number of hydrogen-bond acceptors (Lipinski definition) is 2. The van der Waals surface area contributed by atoms with E-state index >= 15 is 0 Å². The van der Waals surface area contributed by atoms with Crippen molar-refractivity contribution in [2.45, 2.75) is 12.5 Å². The van der Waals surface area contributed by atoms with Crippen molar-refractivity contribution in [2.75, 3.05) is 6.54 Å². The van der Waals surface area contributed by atoms with Gasteiger partial charge >= 0.3 is 0 Å². The van der Waals surface area contributed by atoms with Crippen LogP contribution >= 0.6 is 11.6 Å². The summed E-state index contributed by atoms with van der Waals surface area (Å²) in [5, 5.41) is 0.759. The Kier molecular flexibility index (Phi) is 1.95. The topological polar surface area (TPSA) is 35.2 Å². The normalized spacial score (nSPS) is 20.3. The van der Waals surface area contributed by atoms with Crippen LogP contribution in [0.15, 0.2) is 18.2 Å². The smallest absolute Gasteiger partial charge is 0.123 e. The highest BCUT2D eigenvalue weighted by Gasteiger charge is 2.21. The van der Waals surface area contributed by atoms with E-state index in [2.05, 4.69) is 0 Å². The molecule has 0 fully saturated rings. The number of rotatable bonds is 1. The third-order valence-corrected chi connectivity index (χ3v) is 2.26. The largest absolute Gasteiger partial charge is 0.488 e. The molecule has 1 aromatic carbocycles. The molecular formula is C9H10ClNO. The Balaban J connectivity index is 2.30. The molecular weight excluding hydrogens is 174 g/mol. The average Bonchev–Trinajstić information content (AvgIpc) is 2.46. The summed E-state index contributed by atoms with van der Waals surface area (Å²) in [6, 6.07) is 5.67. The highest BCUT2D eigenvalue weighted by Crippen LogP contribution is 2.30. The molecule has 0 radical (unpaired) electrons. The molecule has 0 amide bonds. The van der Waals surface area contributed by atoms with Crippen LogP contribution in [0.5, 0.6) is 5.75 Å². The quantitative estimate of drug-likeness (QED) is 0.718. The van der Waals surface area contributed by atoms with Gasteiger partial charge in [0.25, 0.3) is 0 Å². The first-order valence-corrected chi connectivity index (χ1v) is 4.32. The van der Waals surface area contributed by atoms with Gasteiger partial charge in [-0.15, -0.1) is 0 Å². The van der Waals surface area contributed by atoms with Gasteiger partial charge in [-0.1, -0.05) is 11.6 Å². The summed E-state index contributed by atoms with van der Waals surface area (Å²) < 4.78 is 5.53. The second-order valence-electron chi connectivity index (χ2n) is 2.93. The van der Waals surface area contributed by atoms with Gasteiger partial charge in [0, 0.05) is 18.0 Å². The maximum atomic E-state index is 5.83. The Morgan fingerprint density at radius 1 is 1.58 bits per heavy atom. The van der Waals surface area contributed by atoms with Crippen molar-refractivity contribution in [3.63, 3.8) is 0 Å². The number of halogens is 1. The molecule has 1 aliphatic heterocycles. The molecule has 64 valence electrons. The summed E-state index contributed by atoms with van der Waals surface area (Å²) in [6.07, 6.45) is 1.02. The zero-order chi connectivity index (χ0) is 8.55. The lowest BCUT2D eigenvalue weighted by atomic mass is 10.1. The summed E-state index contributed by atoms with van der Waals surface area (Å²) >= 11 is 5.83. The number of hydrogen-bond donors (Lipinski definition) is 1. The average molecular weight is 184 g/mol. The van der Waals surface area contributed by atoms with Crippen molar-refractivity contribution < 1.29 is 4.74 Å². The van der Waals surface area contributed by atoms with Gasteiger partial charge in [-0.05, 0) is 23.8 Å². The standard InChI is InChI=1S/C9H10ClNO/c10-7-1-2-9-6(3-7)4-8(5-11)12-9/h1-3,8H,4-5,11H2. The predicted molar refractivity (Wildman–Crippen MR) is 48.6 cm³/mol. The van der Waals surface area contributed by atoms with Gasteiger partial charge in [-0.2, -0.15) is 0 Å². The zero-order valence-corrected chi connectivity index (χ0v) is 7.34. The zero-order valence-electron chi connectivity index (χ0n) is 6.59. The van der Waals surface area contributed by atoms with Gasteiger partial charge in [-0.3, -0.25) is 0 Å². The lowest BCUT2D eigenvalue weighted by molar-refractivity contribution is 0.241. The van der Waals surface area contributed by atoms with Crippen LogP contribution in [0.4, 0.5) is 0 Å². The van der Waals surface area contributed by atoms with E-state index in [-0.39, 0.29) is 6.10 Å². The molecule has 0 bridgehead atoms. The Morgan fingerprint density at radius 3 is 3.17 bits per heavy atom. The van der Waals surface area contributed by atoms with Crippen LogP contribution in [-0.2, 0) is 6.42 Å². The van der Waals surface area contributed by atoms with E-state index < -0.39 is 0 Å². The Bertz CT molecular complexity index is 301. The molecule has 2 rings (SSSR count). The van der Waals surface area contributed by atoms with Gasteiger partial charge in [0.05, 0.1) is 0 Å². The molecule has 0 spiro atoms. The fourth-order valence-corrected chi connectivity index (χ4v) is 1.62. The lowest BCUT2D eigenvalue weighted by Crippen LogP contribution is -2.24. The van der Waals surface area contributed by atoms with E-state index in [0.717, 1.165) is 22.8 Å². The second kappa shape index (κ2) is 2.96. The van der Waals surface area contributed by atoms with Crippen LogP contribution in [-0.4, -0.2) is 12.6 Å². The SMILES string of the molecule is NCC1Cc2cc(Cl)ccc2O1. The molecule has 2 N–H and O–H groups in total. The number of benzene rings is 1. The first-order chi connectivity index (χ1) is 5.79. The predicted octanol–water partition coefficient (Wildman–Crippen LogP) is 1.60. The summed E-state index contributed by atoms with van der Waals surface area (Å²) in [5.41, 5.74) is 6.66. The van der Waals surface area contributed by atoms with E-state index in [9.17, 15) is 0 Å². The Morgan fingerprint density at radius 2 is 2.42 bits per heavy atom. The third-order valence-electron chi connectivity index (χ3n) is 2.03. The molecule has 1 atom stereocenters. The van der Waals surface area contributed by atoms with Crippen LogP contribution in [0.1, 0.15) is 5.56 Å². The van der Waals surface area contributed by atoms with Crippen molar-refractivity contribution in [3.8, 4) is 5.75 Å². The van der Waals surface area contributed by atoms with Crippen LogP contribution in [0.2, 0.25) is 5.02 Å². The van der Waals surface area contributed by atoms with Gasteiger partial charge in [-0.25, -0.2) is 0 Å². The highest BCUT2D eigenvalue weighted by atomic mass is 35.5. The molecule has 0 aromatic heterocycles. The van der Waals surface area contributed by atoms with Crippen LogP contribution < -0.4 is 10.5 Å². The van der Waals surface area contributed by atoms with Crippen LogP contribution in [0, 0.1) is 0 Å². The Labute approximate surface area is 76.3 Å². The van der Waals surface area contributed by atoms with Crippen molar-refractivity contribution in [2.24, 2.45) is 5.73 Å². The molecule has 1 heterocycles. The fourth-order valence-electron chi connectivity index (χ4n) is 1.42. The Hall–Kier alpha value is -0.730. The molecule has 0 saturated heterocycles. The van der Waals surface area contributed by atoms with Crippen molar-refractivity contribution in [1.82, 2.24) is 0 Å². The van der Waals surface area contributed by atoms with Crippen LogP contribution in [0.3, 0.4) is 0 Å². The molecule has 12 heavy (non-hydrogen) atoms. The summed E-state index contributed by atoms with van der Waals surface area (Å²) in [5.74, 6) is 0.926. The van der Waals surface area contributed by atoms with Gasteiger partial charge < -0.3 is 10.5 Å². The van der Waals surface area contributed by atoms with Gasteiger partial charge in [0.1, 0.15) is 11.9 Å². The first-order valence-electron chi connectivity index (χ1n) is 3.95. The molecule has 0 saturated carbocycles. The van der Waals surface area contributed by atoms with E-state index in [4.69, 9.17) is 22.1 Å². The van der Waals surface area contributed by atoms with Crippen LogP contribution in [0.25, 0.3) is 0 Å². The van der Waals surface area contributed by atoms with E-state index in [0.29, 0.717) is 6.54 Å². The highest BCUT2D eigenvalue weighted by molar-refractivity contribution is 6.30. The van der Waals surface area contributed by atoms with E-state index in [1.165, 1.54) is 0 Å². The van der Waals surface area contributed by atoms with Crippen molar-refractivity contribution in [1.29, 1.82) is 0 Å². The second-order valence-corrected chi connectivity index (χ2v) is 3.37. The van der Waals surface area contributed by atoms with E-state index in [1.807, 2.05) is 18.2 Å². The van der Waals surface area contributed by atoms with E-state index in [1.54, 1.807) is 0 Å². The molecule has 1 unspecified atom stereocenters. The minimum absolute atomic E-state index is 0.137. The molecule has 2 nitrogen and oxygen atoms in total. The minimum atomic E-state index is 0.137. The monoisotopic (exact) mass is 183 g/mol.